The summed E-state index contributed by atoms with van der Waals surface area (Å²) in [6.45, 7) is 9.64. The van der Waals surface area contributed by atoms with Crippen molar-refractivity contribution in [3.05, 3.63) is 113 Å². The maximum Gasteiger partial charge on any atom is 3.00 e. The average molecular weight is 631 g/mol. The van der Waals surface area contributed by atoms with Gasteiger partial charge in [0.25, 0.3) is 0 Å². The van der Waals surface area contributed by atoms with E-state index in [0.717, 1.165) is 6.42 Å². The largest absolute Gasteiger partial charge is 3.00 e. The Balaban J connectivity index is 0.00000133. The molecule has 2 unspecified atom stereocenters. The number of rotatable bonds is 5. The molecule has 0 aliphatic heterocycles. The zero-order chi connectivity index (χ0) is 24.1. The molecule has 38 heavy (non-hydrogen) atoms. The summed E-state index contributed by atoms with van der Waals surface area (Å²) in [5.41, 5.74) is 8.69. The molecule has 0 saturated carbocycles. The van der Waals surface area contributed by atoms with Crippen LogP contribution in [-0.4, -0.2) is 8.80 Å². The van der Waals surface area contributed by atoms with Gasteiger partial charge in [-0.2, -0.15) is 0 Å². The van der Waals surface area contributed by atoms with Crippen molar-refractivity contribution >= 4 is 41.6 Å². The molecule has 5 aromatic rings. The summed E-state index contributed by atoms with van der Waals surface area (Å²) >= 11 is 0. The molecule has 0 amide bonds. The third-order valence-electron chi connectivity index (χ3n) is 8.03. The van der Waals surface area contributed by atoms with Crippen LogP contribution in [0.3, 0.4) is 0 Å². The topological polar surface area (TPSA) is 0 Å². The fourth-order valence-corrected chi connectivity index (χ4v) is 7.31. The molecule has 0 spiro atoms. The summed E-state index contributed by atoms with van der Waals surface area (Å²) in [5, 5.41) is 7.16. The van der Waals surface area contributed by atoms with Crippen molar-refractivity contribution in [3.8, 4) is 11.1 Å². The van der Waals surface area contributed by atoms with E-state index in [0.29, 0.717) is 11.8 Å². The summed E-state index contributed by atoms with van der Waals surface area (Å²) < 4.78 is 0. The van der Waals surface area contributed by atoms with Crippen molar-refractivity contribution in [2.75, 3.05) is 0 Å². The number of hydrogen-bond donors (Lipinski definition) is 0. The van der Waals surface area contributed by atoms with Crippen LogP contribution >= 0.6 is 0 Å². The number of hydrogen-bond acceptors (Lipinski definition) is 0. The summed E-state index contributed by atoms with van der Waals surface area (Å²) in [4.78, 5) is 0. The molecule has 1 aliphatic rings. The number of allylic oxidation sites excluding steroid dienone is 1. The van der Waals surface area contributed by atoms with Crippen molar-refractivity contribution in [2.24, 2.45) is 5.92 Å². The van der Waals surface area contributed by atoms with Crippen molar-refractivity contribution in [1.82, 2.24) is 0 Å². The van der Waals surface area contributed by atoms with Crippen molar-refractivity contribution in [1.29, 1.82) is 0 Å². The molecular formula is C34H32Cl2SiZr. The first-order valence-electron chi connectivity index (χ1n) is 12.9. The fourth-order valence-electron chi connectivity index (χ4n) is 6.08. The first kappa shape index (κ1) is 30.7. The molecule has 0 nitrogen and oxygen atoms in total. The Kier molecular flexibility index (Phi) is 10.2. The van der Waals surface area contributed by atoms with Gasteiger partial charge >= 0.3 is 26.2 Å². The standard InChI is InChI=1S/C34H32Si.2ClH.Zr/c1-5-22(2)29-21-30-25(23-12-7-6-8-13-23)16-11-17-28(30)33(29)34-31-20-24-14-9-10-15-26(24)27(31)18-19-32(34)35(3)4;;;/h6-22,33H,5H2,1-4H3;2*1H;/q-1;;;+3/p-2. The molecule has 6 rings (SSSR count). The number of halogens is 2. The van der Waals surface area contributed by atoms with Gasteiger partial charge in [-0.1, -0.05) is 128 Å². The van der Waals surface area contributed by atoms with E-state index in [1.54, 1.807) is 16.3 Å². The van der Waals surface area contributed by atoms with E-state index in [4.69, 9.17) is 0 Å². The first-order valence-corrected chi connectivity index (χ1v) is 15.4. The van der Waals surface area contributed by atoms with Crippen LogP contribution in [0.2, 0.25) is 13.1 Å². The molecule has 4 heteroatoms. The molecule has 0 aromatic heterocycles. The molecule has 1 aliphatic carbocycles. The van der Waals surface area contributed by atoms with E-state index in [1.807, 2.05) is 0 Å². The Morgan fingerprint density at radius 2 is 1.53 bits per heavy atom. The van der Waals surface area contributed by atoms with Gasteiger partial charge in [-0.15, -0.1) is 33.7 Å². The Hall–Kier alpha value is -1.83. The van der Waals surface area contributed by atoms with Crippen LogP contribution in [0.4, 0.5) is 0 Å². The average Bonchev–Trinajstić information content (AvgIpc) is 3.46. The Labute approximate surface area is 260 Å². The third-order valence-corrected chi connectivity index (χ3v) is 9.54. The Bertz CT molecular complexity index is 1580. The molecule has 0 N–H and O–H groups in total. The van der Waals surface area contributed by atoms with Crippen LogP contribution < -0.4 is 30.0 Å². The minimum absolute atomic E-state index is 0. The second kappa shape index (κ2) is 12.6. The minimum atomic E-state index is -0.651. The van der Waals surface area contributed by atoms with Gasteiger partial charge in [0.2, 0.25) is 0 Å². The molecule has 0 fully saturated rings. The summed E-state index contributed by atoms with van der Waals surface area (Å²) in [6, 6.07) is 34.0. The predicted octanol–water partition coefficient (Wildman–Crippen LogP) is 2.92. The number of fused-ring (bicyclic) bond motifs is 4. The monoisotopic (exact) mass is 628 g/mol. The van der Waals surface area contributed by atoms with Crippen LogP contribution in [0.5, 0.6) is 0 Å². The van der Waals surface area contributed by atoms with Crippen LogP contribution in [0.15, 0.2) is 96.6 Å². The normalized spacial score (nSPS) is 14.9. The van der Waals surface area contributed by atoms with E-state index in [2.05, 4.69) is 124 Å². The summed E-state index contributed by atoms with van der Waals surface area (Å²) in [6.07, 6.45) is 3.70. The second-order valence-electron chi connectivity index (χ2n) is 10.3. The summed E-state index contributed by atoms with van der Waals surface area (Å²) in [7, 11) is -0.651. The molecule has 0 heterocycles. The van der Waals surface area contributed by atoms with E-state index in [9.17, 15) is 0 Å². The molecular weight excluding hydrogens is 599 g/mol. The maximum absolute atomic E-state index is 2.54. The van der Waals surface area contributed by atoms with Crippen molar-refractivity contribution in [3.63, 3.8) is 0 Å². The molecule has 0 bridgehead atoms. The van der Waals surface area contributed by atoms with Gasteiger partial charge < -0.3 is 24.8 Å². The third kappa shape index (κ3) is 5.06. The van der Waals surface area contributed by atoms with Gasteiger partial charge in [-0.3, -0.25) is 0 Å². The first-order chi connectivity index (χ1) is 17.1. The Morgan fingerprint density at radius 3 is 2.24 bits per heavy atom. The fraction of sp³-hybridized carbons (Fsp3) is 0.206. The SMILES string of the molecule is CCC(C)C1=Cc2c(-c3ccccc3)cccc2C1c1c([Si](C)C)ccc2c1[cH-]c1ccccc12.[Cl-].[Cl-].[Zr+3]. The van der Waals surface area contributed by atoms with Crippen LogP contribution in [0.25, 0.3) is 38.7 Å². The van der Waals surface area contributed by atoms with E-state index >= 15 is 0 Å². The van der Waals surface area contributed by atoms with Crippen LogP contribution in [-0.2, 0) is 26.2 Å². The molecule has 2 radical (unpaired) electrons. The van der Waals surface area contributed by atoms with E-state index < -0.39 is 8.80 Å². The molecule has 0 saturated heterocycles. The van der Waals surface area contributed by atoms with Gasteiger partial charge in [-0.25, -0.2) is 0 Å². The smallest absolute Gasteiger partial charge is 1.00 e. The van der Waals surface area contributed by atoms with Crippen molar-refractivity contribution < 1.29 is 51.0 Å². The predicted molar refractivity (Wildman–Crippen MR) is 155 cm³/mol. The van der Waals surface area contributed by atoms with Gasteiger partial charge in [0, 0.05) is 5.92 Å². The summed E-state index contributed by atoms with van der Waals surface area (Å²) in [5.74, 6) is 0.854. The van der Waals surface area contributed by atoms with Gasteiger partial charge in [0.05, 0.1) is 8.80 Å². The molecule has 2 atom stereocenters. The zero-order valence-corrected chi connectivity index (χ0v) is 27.3. The van der Waals surface area contributed by atoms with Crippen LogP contribution in [0, 0.1) is 5.92 Å². The number of benzene rings is 4. The van der Waals surface area contributed by atoms with E-state index in [1.165, 1.54) is 43.8 Å². The minimum Gasteiger partial charge on any atom is -1.00 e. The zero-order valence-electron chi connectivity index (χ0n) is 22.4. The Morgan fingerprint density at radius 1 is 0.816 bits per heavy atom. The van der Waals surface area contributed by atoms with E-state index in [-0.39, 0.29) is 51.0 Å². The quantitative estimate of drug-likeness (QED) is 0.207. The molecule has 190 valence electrons. The maximum atomic E-state index is 2.54. The second-order valence-corrected chi connectivity index (χ2v) is 12.8. The van der Waals surface area contributed by atoms with Crippen LogP contribution in [0.1, 0.15) is 42.9 Å². The van der Waals surface area contributed by atoms with Gasteiger partial charge in [0.1, 0.15) is 0 Å². The van der Waals surface area contributed by atoms with Gasteiger partial charge in [-0.05, 0) is 34.6 Å². The van der Waals surface area contributed by atoms with Gasteiger partial charge in [0.15, 0.2) is 0 Å². The molecule has 5 aromatic carbocycles. The van der Waals surface area contributed by atoms with Crippen molar-refractivity contribution in [2.45, 2.75) is 39.3 Å².